The van der Waals surface area contributed by atoms with Crippen LogP contribution < -0.4 is 10.6 Å². The van der Waals surface area contributed by atoms with Gasteiger partial charge in [-0.2, -0.15) is 13.2 Å². The molecule has 5 nitrogen and oxygen atoms in total. The number of alkyl halides is 3. The molecule has 1 aromatic carbocycles. The molecule has 1 aliphatic rings. The maximum Gasteiger partial charge on any atom is 0.471 e. The van der Waals surface area contributed by atoms with Crippen LogP contribution in [0.3, 0.4) is 0 Å². The molecule has 2 rings (SSSR count). The van der Waals surface area contributed by atoms with Crippen LogP contribution in [0.15, 0.2) is 24.3 Å². The number of rotatable bonds is 5. The summed E-state index contributed by atoms with van der Waals surface area (Å²) in [6.45, 7) is 1.34. The minimum absolute atomic E-state index is 0.0335. The van der Waals surface area contributed by atoms with Gasteiger partial charge < -0.3 is 15.4 Å². The van der Waals surface area contributed by atoms with E-state index >= 15 is 0 Å². The molecular weight excluding hydrogens is 325 g/mol. The van der Waals surface area contributed by atoms with E-state index in [0.29, 0.717) is 25.2 Å². The third-order valence-electron chi connectivity index (χ3n) is 3.81. The van der Waals surface area contributed by atoms with Crippen LogP contribution in [0.5, 0.6) is 0 Å². The molecule has 0 spiro atoms. The number of amides is 2. The van der Waals surface area contributed by atoms with Crippen LogP contribution in [0.2, 0.25) is 0 Å². The van der Waals surface area contributed by atoms with Gasteiger partial charge >= 0.3 is 12.1 Å². The monoisotopic (exact) mass is 344 g/mol. The van der Waals surface area contributed by atoms with Gasteiger partial charge in [0.1, 0.15) is 0 Å². The Kier molecular flexibility index (Phi) is 6.19. The van der Waals surface area contributed by atoms with Crippen molar-refractivity contribution < 1.29 is 27.5 Å². The number of hydrogen-bond donors (Lipinski definition) is 2. The molecule has 132 valence electrons. The normalized spacial score (nSPS) is 15.8. The van der Waals surface area contributed by atoms with Gasteiger partial charge in [-0.1, -0.05) is 18.2 Å². The average molecular weight is 344 g/mol. The van der Waals surface area contributed by atoms with E-state index in [-0.39, 0.29) is 24.1 Å². The number of anilines is 1. The zero-order valence-corrected chi connectivity index (χ0v) is 13.0. The Morgan fingerprint density at radius 2 is 1.83 bits per heavy atom. The van der Waals surface area contributed by atoms with E-state index in [0.717, 1.165) is 12.8 Å². The molecule has 1 saturated heterocycles. The molecule has 0 aromatic heterocycles. The predicted octanol–water partition coefficient (Wildman–Crippen LogP) is 2.62. The molecule has 1 aliphatic heterocycles. The van der Waals surface area contributed by atoms with Crippen molar-refractivity contribution in [3.05, 3.63) is 29.8 Å². The Balaban J connectivity index is 1.90. The lowest BCUT2D eigenvalue weighted by Gasteiger charge is -2.21. The summed E-state index contributed by atoms with van der Waals surface area (Å²) in [6.07, 6.45) is -2.95. The molecule has 8 heteroatoms. The Bertz CT molecular complexity index is 584. The lowest BCUT2D eigenvalue weighted by molar-refractivity contribution is -0.167. The van der Waals surface area contributed by atoms with E-state index in [2.05, 4.69) is 5.32 Å². The van der Waals surface area contributed by atoms with Gasteiger partial charge in [0, 0.05) is 31.9 Å². The molecule has 1 fully saturated rings. The Hall–Kier alpha value is -2.09. The lowest BCUT2D eigenvalue weighted by Crippen LogP contribution is -2.31. The van der Waals surface area contributed by atoms with E-state index in [1.807, 2.05) is 5.32 Å². The third-order valence-corrected chi connectivity index (χ3v) is 3.81. The van der Waals surface area contributed by atoms with Crippen molar-refractivity contribution in [2.45, 2.75) is 32.0 Å². The number of ether oxygens (including phenoxy) is 1. The third kappa shape index (κ3) is 5.52. The van der Waals surface area contributed by atoms with Gasteiger partial charge in [-0.3, -0.25) is 9.59 Å². The lowest BCUT2D eigenvalue weighted by atomic mass is 9.96. The first-order chi connectivity index (χ1) is 11.4. The van der Waals surface area contributed by atoms with Crippen LogP contribution in [0.25, 0.3) is 0 Å². The van der Waals surface area contributed by atoms with Crippen LogP contribution >= 0.6 is 0 Å². The molecule has 0 radical (unpaired) electrons. The van der Waals surface area contributed by atoms with Crippen molar-refractivity contribution >= 4 is 17.5 Å². The first-order valence-corrected chi connectivity index (χ1v) is 7.67. The van der Waals surface area contributed by atoms with Gasteiger partial charge in [0.25, 0.3) is 0 Å². The molecular formula is C16H19F3N2O3. The van der Waals surface area contributed by atoms with E-state index in [4.69, 9.17) is 4.74 Å². The highest BCUT2D eigenvalue weighted by molar-refractivity contribution is 5.95. The number of nitrogens with one attached hydrogen (secondary N) is 2. The number of halogens is 3. The van der Waals surface area contributed by atoms with Crippen LogP contribution in [0.1, 0.15) is 24.8 Å². The summed E-state index contributed by atoms with van der Waals surface area (Å²) in [6, 6.07) is 6.06. The first kappa shape index (κ1) is 18.3. The second-order valence-electron chi connectivity index (χ2n) is 5.65. The molecule has 0 saturated carbocycles. The molecule has 0 unspecified atom stereocenters. The van der Waals surface area contributed by atoms with Gasteiger partial charge in [-0.15, -0.1) is 0 Å². The molecule has 2 amide bonds. The zero-order valence-electron chi connectivity index (χ0n) is 13.0. The number of carbonyl (C=O) groups excluding carboxylic acids is 2. The van der Waals surface area contributed by atoms with Crippen molar-refractivity contribution in [2.24, 2.45) is 5.92 Å². The summed E-state index contributed by atoms with van der Waals surface area (Å²) >= 11 is 0. The summed E-state index contributed by atoms with van der Waals surface area (Å²) in [7, 11) is 0. The fourth-order valence-corrected chi connectivity index (χ4v) is 2.47. The molecule has 0 bridgehead atoms. The number of hydrogen-bond acceptors (Lipinski definition) is 3. The van der Waals surface area contributed by atoms with Crippen molar-refractivity contribution in [2.75, 3.05) is 18.5 Å². The molecule has 1 heterocycles. The molecule has 2 N–H and O–H groups in total. The highest BCUT2D eigenvalue weighted by Gasteiger charge is 2.38. The molecule has 0 aliphatic carbocycles. The Morgan fingerprint density at radius 3 is 2.50 bits per heavy atom. The average Bonchev–Trinajstić information content (AvgIpc) is 2.54. The van der Waals surface area contributed by atoms with Crippen LogP contribution in [0, 0.1) is 5.92 Å². The number of carbonyl (C=O) groups is 2. The van der Waals surface area contributed by atoms with E-state index in [9.17, 15) is 22.8 Å². The molecule has 1 aromatic rings. The Labute approximate surface area is 137 Å². The van der Waals surface area contributed by atoms with E-state index < -0.39 is 12.1 Å². The van der Waals surface area contributed by atoms with Gasteiger partial charge in [-0.25, -0.2) is 0 Å². The fourth-order valence-electron chi connectivity index (χ4n) is 2.47. The van der Waals surface area contributed by atoms with Crippen LogP contribution in [-0.4, -0.2) is 31.2 Å². The highest BCUT2D eigenvalue weighted by Crippen LogP contribution is 2.21. The summed E-state index contributed by atoms with van der Waals surface area (Å²) < 4.78 is 42.3. The van der Waals surface area contributed by atoms with Crippen LogP contribution in [0.4, 0.5) is 18.9 Å². The minimum atomic E-state index is -4.96. The largest absolute Gasteiger partial charge is 0.471 e. The van der Waals surface area contributed by atoms with Crippen molar-refractivity contribution in [1.29, 1.82) is 0 Å². The first-order valence-electron chi connectivity index (χ1n) is 7.67. The maximum absolute atomic E-state index is 12.3. The van der Waals surface area contributed by atoms with E-state index in [1.165, 1.54) is 12.1 Å². The topological polar surface area (TPSA) is 67.4 Å². The van der Waals surface area contributed by atoms with Gasteiger partial charge in [-0.05, 0) is 30.4 Å². The minimum Gasteiger partial charge on any atom is -0.381 e. The van der Waals surface area contributed by atoms with Gasteiger partial charge in [0.15, 0.2) is 0 Å². The van der Waals surface area contributed by atoms with Crippen molar-refractivity contribution in [3.63, 3.8) is 0 Å². The summed E-state index contributed by atoms with van der Waals surface area (Å²) in [5.41, 5.74) is 0.446. The number of para-hydroxylation sites is 1. The van der Waals surface area contributed by atoms with Crippen molar-refractivity contribution in [1.82, 2.24) is 5.32 Å². The van der Waals surface area contributed by atoms with Crippen molar-refractivity contribution in [3.8, 4) is 0 Å². The quantitative estimate of drug-likeness (QED) is 0.863. The second-order valence-corrected chi connectivity index (χ2v) is 5.65. The summed E-state index contributed by atoms with van der Waals surface area (Å²) in [4.78, 5) is 23.0. The Morgan fingerprint density at radius 1 is 1.17 bits per heavy atom. The zero-order chi connectivity index (χ0) is 17.6. The summed E-state index contributed by atoms with van der Waals surface area (Å²) in [5, 5.41) is 4.51. The van der Waals surface area contributed by atoms with Gasteiger partial charge in [0.2, 0.25) is 5.91 Å². The smallest absolute Gasteiger partial charge is 0.381 e. The SMILES string of the molecule is O=C(CC1CCOCC1)NCc1ccccc1NC(=O)C(F)(F)F. The van der Waals surface area contributed by atoms with Crippen LogP contribution in [-0.2, 0) is 20.9 Å². The highest BCUT2D eigenvalue weighted by atomic mass is 19.4. The fraction of sp³-hybridized carbons (Fsp3) is 0.500. The number of benzene rings is 1. The predicted molar refractivity (Wildman–Crippen MR) is 81.1 cm³/mol. The maximum atomic E-state index is 12.3. The summed E-state index contributed by atoms with van der Waals surface area (Å²) in [5.74, 6) is -1.94. The van der Waals surface area contributed by atoms with E-state index in [1.54, 1.807) is 12.1 Å². The van der Waals surface area contributed by atoms with Gasteiger partial charge in [0.05, 0.1) is 0 Å². The standard InChI is InChI=1S/C16H19F3N2O3/c17-16(18,19)15(23)21-13-4-2-1-3-12(13)10-20-14(22)9-11-5-7-24-8-6-11/h1-4,11H,5-10H2,(H,20,22)(H,21,23). The second kappa shape index (κ2) is 8.14. The molecule has 0 atom stereocenters. The molecule has 24 heavy (non-hydrogen) atoms.